The molecular formula is C17H18BrNO2. The van der Waals surface area contributed by atoms with Gasteiger partial charge in [0.25, 0.3) is 0 Å². The zero-order valence-electron chi connectivity index (χ0n) is 12.0. The molecule has 1 heterocycles. The molecule has 0 saturated heterocycles. The maximum absolute atomic E-state index is 5.70. The van der Waals surface area contributed by atoms with Crippen LogP contribution in [0.25, 0.3) is 0 Å². The maximum Gasteiger partial charge on any atom is 0.163 e. The van der Waals surface area contributed by atoms with Crippen LogP contribution in [-0.4, -0.2) is 13.2 Å². The molecule has 0 aromatic heterocycles. The van der Waals surface area contributed by atoms with E-state index in [1.807, 2.05) is 18.2 Å². The Morgan fingerprint density at radius 3 is 2.67 bits per heavy atom. The predicted molar refractivity (Wildman–Crippen MR) is 88.3 cm³/mol. The van der Waals surface area contributed by atoms with Gasteiger partial charge >= 0.3 is 0 Å². The molecule has 0 spiro atoms. The van der Waals surface area contributed by atoms with Gasteiger partial charge in [-0.1, -0.05) is 28.1 Å². The lowest BCUT2D eigenvalue weighted by Gasteiger charge is -2.11. The van der Waals surface area contributed by atoms with Gasteiger partial charge in [-0.15, -0.1) is 0 Å². The summed E-state index contributed by atoms with van der Waals surface area (Å²) in [6, 6.07) is 12.4. The third-order valence-corrected chi connectivity index (χ3v) is 4.33. The molecule has 0 bridgehead atoms. The SMILES string of the molecule is Cc1ccc(CNc2ccc3c(c2)OCCCO3)cc1Br. The Balaban J connectivity index is 1.70. The van der Waals surface area contributed by atoms with Gasteiger partial charge in [0.05, 0.1) is 13.2 Å². The second-order valence-electron chi connectivity index (χ2n) is 5.15. The van der Waals surface area contributed by atoms with E-state index in [0.29, 0.717) is 6.61 Å². The summed E-state index contributed by atoms with van der Waals surface area (Å²) < 4.78 is 12.5. The van der Waals surface area contributed by atoms with Crippen molar-refractivity contribution >= 4 is 21.6 Å². The molecule has 0 saturated carbocycles. The van der Waals surface area contributed by atoms with Crippen LogP contribution in [0.1, 0.15) is 17.5 Å². The molecule has 0 radical (unpaired) electrons. The predicted octanol–water partition coefficient (Wildman–Crippen LogP) is 4.53. The van der Waals surface area contributed by atoms with Gasteiger partial charge in [-0.05, 0) is 36.2 Å². The zero-order valence-corrected chi connectivity index (χ0v) is 13.6. The summed E-state index contributed by atoms with van der Waals surface area (Å²) in [5, 5.41) is 3.42. The van der Waals surface area contributed by atoms with Crippen molar-refractivity contribution in [2.75, 3.05) is 18.5 Å². The van der Waals surface area contributed by atoms with Crippen LogP contribution in [-0.2, 0) is 6.54 Å². The van der Waals surface area contributed by atoms with Crippen LogP contribution < -0.4 is 14.8 Å². The van der Waals surface area contributed by atoms with Gasteiger partial charge < -0.3 is 14.8 Å². The second kappa shape index (κ2) is 6.39. The smallest absolute Gasteiger partial charge is 0.163 e. The van der Waals surface area contributed by atoms with Crippen LogP contribution in [0.2, 0.25) is 0 Å². The molecule has 1 N–H and O–H groups in total. The van der Waals surface area contributed by atoms with E-state index in [2.05, 4.69) is 46.4 Å². The Hall–Kier alpha value is -1.68. The number of fused-ring (bicyclic) bond motifs is 1. The summed E-state index contributed by atoms with van der Waals surface area (Å²) in [6.45, 7) is 4.29. The van der Waals surface area contributed by atoms with Gasteiger partial charge in [-0.25, -0.2) is 0 Å². The van der Waals surface area contributed by atoms with Crippen LogP contribution in [0.5, 0.6) is 11.5 Å². The second-order valence-corrected chi connectivity index (χ2v) is 6.00. The molecule has 0 amide bonds. The first kappa shape index (κ1) is 14.3. The molecule has 21 heavy (non-hydrogen) atoms. The Bertz CT molecular complexity index is 643. The van der Waals surface area contributed by atoms with Crippen molar-refractivity contribution in [1.82, 2.24) is 0 Å². The first-order chi connectivity index (χ1) is 10.2. The minimum absolute atomic E-state index is 0.710. The van der Waals surface area contributed by atoms with Crippen LogP contribution >= 0.6 is 15.9 Å². The quantitative estimate of drug-likeness (QED) is 0.884. The van der Waals surface area contributed by atoms with Crippen molar-refractivity contribution in [1.29, 1.82) is 0 Å². The lowest BCUT2D eigenvalue weighted by molar-refractivity contribution is 0.297. The number of benzene rings is 2. The highest BCUT2D eigenvalue weighted by Crippen LogP contribution is 2.32. The number of hydrogen-bond acceptors (Lipinski definition) is 3. The normalized spacial score (nSPS) is 13.6. The van der Waals surface area contributed by atoms with Crippen molar-refractivity contribution < 1.29 is 9.47 Å². The summed E-state index contributed by atoms with van der Waals surface area (Å²) in [6.07, 6.45) is 0.925. The fourth-order valence-electron chi connectivity index (χ4n) is 2.22. The molecule has 4 heteroatoms. The molecule has 3 rings (SSSR count). The molecule has 0 fully saturated rings. The Labute approximate surface area is 133 Å². The minimum atomic E-state index is 0.710. The zero-order chi connectivity index (χ0) is 14.7. The van der Waals surface area contributed by atoms with E-state index in [9.17, 15) is 0 Å². The molecule has 1 aliphatic rings. The number of rotatable bonds is 3. The standard InChI is InChI=1S/C17H18BrNO2/c1-12-3-4-13(9-15(12)18)11-19-14-5-6-16-17(10-14)21-8-2-7-20-16/h3-6,9-10,19H,2,7-8,11H2,1H3. The van der Waals surface area contributed by atoms with Crippen molar-refractivity contribution in [3.05, 3.63) is 52.0 Å². The van der Waals surface area contributed by atoms with Crippen molar-refractivity contribution in [3.8, 4) is 11.5 Å². The Kier molecular flexibility index (Phi) is 4.34. The van der Waals surface area contributed by atoms with Gasteiger partial charge in [0, 0.05) is 29.2 Å². The third-order valence-electron chi connectivity index (χ3n) is 3.48. The van der Waals surface area contributed by atoms with Gasteiger partial charge in [0.15, 0.2) is 11.5 Å². The number of anilines is 1. The molecule has 0 aliphatic carbocycles. The van der Waals surface area contributed by atoms with Crippen molar-refractivity contribution in [2.24, 2.45) is 0 Å². The summed E-state index contributed by atoms with van der Waals surface area (Å²) >= 11 is 3.57. The largest absolute Gasteiger partial charge is 0.490 e. The molecular weight excluding hydrogens is 330 g/mol. The Morgan fingerprint density at radius 1 is 1.05 bits per heavy atom. The average molecular weight is 348 g/mol. The van der Waals surface area contributed by atoms with E-state index in [1.54, 1.807) is 0 Å². The van der Waals surface area contributed by atoms with Gasteiger partial charge in [-0.2, -0.15) is 0 Å². The summed E-state index contributed by atoms with van der Waals surface area (Å²) in [7, 11) is 0. The van der Waals surface area contributed by atoms with E-state index in [4.69, 9.17) is 9.47 Å². The highest BCUT2D eigenvalue weighted by atomic mass is 79.9. The Morgan fingerprint density at radius 2 is 1.86 bits per heavy atom. The van der Waals surface area contributed by atoms with Crippen molar-refractivity contribution in [3.63, 3.8) is 0 Å². The number of nitrogens with one attached hydrogen (secondary N) is 1. The van der Waals surface area contributed by atoms with E-state index in [-0.39, 0.29) is 0 Å². The van der Waals surface area contributed by atoms with E-state index in [1.165, 1.54) is 11.1 Å². The number of ether oxygens (including phenoxy) is 2. The minimum Gasteiger partial charge on any atom is -0.490 e. The van der Waals surface area contributed by atoms with Gasteiger partial charge in [0.2, 0.25) is 0 Å². The topological polar surface area (TPSA) is 30.5 Å². The fourth-order valence-corrected chi connectivity index (χ4v) is 2.65. The van der Waals surface area contributed by atoms with Gasteiger partial charge in [0.1, 0.15) is 0 Å². The first-order valence-electron chi connectivity index (χ1n) is 7.11. The summed E-state index contributed by atoms with van der Waals surface area (Å²) in [4.78, 5) is 0. The van der Waals surface area contributed by atoms with Crippen LogP contribution in [0, 0.1) is 6.92 Å². The number of hydrogen-bond donors (Lipinski definition) is 1. The van der Waals surface area contributed by atoms with Crippen LogP contribution in [0.4, 0.5) is 5.69 Å². The molecule has 0 atom stereocenters. The molecule has 0 unspecified atom stereocenters. The highest BCUT2D eigenvalue weighted by molar-refractivity contribution is 9.10. The molecule has 3 nitrogen and oxygen atoms in total. The van der Waals surface area contributed by atoms with Gasteiger partial charge in [-0.3, -0.25) is 0 Å². The maximum atomic E-state index is 5.70. The number of halogens is 1. The number of aryl methyl sites for hydroxylation is 1. The third kappa shape index (κ3) is 3.50. The highest BCUT2D eigenvalue weighted by Gasteiger charge is 2.10. The van der Waals surface area contributed by atoms with E-state index in [0.717, 1.165) is 41.2 Å². The first-order valence-corrected chi connectivity index (χ1v) is 7.90. The monoisotopic (exact) mass is 347 g/mol. The van der Waals surface area contributed by atoms with Crippen LogP contribution in [0.15, 0.2) is 40.9 Å². The molecule has 1 aliphatic heterocycles. The van der Waals surface area contributed by atoms with Crippen LogP contribution in [0.3, 0.4) is 0 Å². The van der Waals surface area contributed by atoms with E-state index < -0.39 is 0 Å². The fraction of sp³-hybridized carbons (Fsp3) is 0.294. The molecule has 2 aromatic rings. The lowest BCUT2D eigenvalue weighted by Crippen LogP contribution is -2.00. The lowest BCUT2D eigenvalue weighted by atomic mass is 10.1. The average Bonchev–Trinajstić information content (AvgIpc) is 2.73. The summed E-state index contributed by atoms with van der Waals surface area (Å²) in [5.41, 5.74) is 3.52. The molecule has 2 aromatic carbocycles. The molecule has 110 valence electrons. The van der Waals surface area contributed by atoms with Crippen molar-refractivity contribution in [2.45, 2.75) is 19.9 Å². The summed E-state index contributed by atoms with van der Waals surface area (Å²) in [5.74, 6) is 1.65. The van der Waals surface area contributed by atoms with E-state index >= 15 is 0 Å².